The number of para-hydroxylation sites is 2. The summed E-state index contributed by atoms with van der Waals surface area (Å²) < 4.78 is 3.41. The molecule has 2 heterocycles. The molecule has 0 saturated heterocycles. The minimum Gasteiger partial charge on any atom is -0.315 e. The van der Waals surface area contributed by atoms with Crippen molar-refractivity contribution in [2.75, 3.05) is 0 Å². The van der Waals surface area contributed by atoms with Crippen LogP contribution in [-0.2, 0) is 13.1 Å². The van der Waals surface area contributed by atoms with Gasteiger partial charge in [0, 0.05) is 24.8 Å². The second kappa shape index (κ2) is 5.44. The minimum atomic E-state index is -0.104. The van der Waals surface area contributed by atoms with Crippen LogP contribution in [0.5, 0.6) is 0 Å². The van der Waals surface area contributed by atoms with E-state index in [1.807, 2.05) is 43.3 Å². The number of imidazole rings is 1. The van der Waals surface area contributed by atoms with E-state index in [0.717, 1.165) is 23.0 Å². The van der Waals surface area contributed by atoms with Crippen molar-refractivity contribution in [3.05, 3.63) is 69.0 Å². The van der Waals surface area contributed by atoms with Gasteiger partial charge in [0.1, 0.15) is 0 Å². The van der Waals surface area contributed by atoms with Gasteiger partial charge in [0.15, 0.2) is 0 Å². The van der Waals surface area contributed by atoms with Gasteiger partial charge in [-0.2, -0.15) is 0 Å². The smallest absolute Gasteiger partial charge is 0.315 e. The van der Waals surface area contributed by atoms with Crippen molar-refractivity contribution >= 4 is 11.0 Å². The van der Waals surface area contributed by atoms with Gasteiger partial charge in [0.2, 0.25) is 0 Å². The second-order valence-corrected chi connectivity index (χ2v) is 5.14. The number of aromatic amines is 1. The van der Waals surface area contributed by atoms with Gasteiger partial charge in [-0.3, -0.25) is 9.36 Å². The molecule has 108 valence electrons. The first-order chi connectivity index (χ1) is 10.2. The molecule has 5 heteroatoms. The molecule has 0 unspecified atom stereocenters. The van der Waals surface area contributed by atoms with Gasteiger partial charge < -0.3 is 9.55 Å². The summed E-state index contributed by atoms with van der Waals surface area (Å²) in [5.74, 6) is 0. The van der Waals surface area contributed by atoms with Gasteiger partial charge >= 0.3 is 5.69 Å². The Labute approximate surface area is 121 Å². The zero-order chi connectivity index (χ0) is 14.8. The van der Waals surface area contributed by atoms with E-state index in [0.29, 0.717) is 13.1 Å². The highest BCUT2D eigenvalue weighted by Gasteiger charge is 2.05. The van der Waals surface area contributed by atoms with Crippen LogP contribution in [-0.4, -0.2) is 14.1 Å². The van der Waals surface area contributed by atoms with Crippen molar-refractivity contribution in [2.45, 2.75) is 26.4 Å². The van der Waals surface area contributed by atoms with E-state index in [1.54, 1.807) is 15.3 Å². The van der Waals surface area contributed by atoms with Crippen molar-refractivity contribution < 1.29 is 0 Å². The van der Waals surface area contributed by atoms with Crippen LogP contribution < -0.4 is 11.2 Å². The average Bonchev–Trinajstić information content (AvgIpc) is 2.80. The Balaban J connectivity index is 1.78. The summed E-state index contributed by atoms with van der Waals surface area (Å²) in [7, 11) is 0. The summed E-state index contributed by atoms with van der Waals surface area (Å²) >= 11 is 0. The zero-order valence-corrected chi connectivity index (χ0v) is 11.9. The van der Waals surface area contributed by atoms with Crippen LogP contribution in [0.15, 0.2) is 52.2 Å². The summed E-state index contributed by atoms with van der Waals surface area (Å²) in [5.41, 5.74) is 2.41. The van der Waals surface area contributed by atoms with Gasteiger partial charge in [0.25, 0.3) is 5.56 Å². The molecule has 0 aliphatic carbocycles. The van der Waals surface area contributed by atoms with E-state index in [1.165, 1.54) is 0 Å². The molecule has 0 radical (unpaired) electrons. The van der Waals surface area contributed by atoms with Gasteiger partial charge in [-0.15, -0.1) is 0 Å². The third-order valence-electron chi connectivity index (χ3n) is 3.67. The molecule has 0 aliphatic rings. The van der Waals surface area contributed by atoms with E-state index in [4.69, 9.17) is 0 Å². The van der Waals surface area contributed by atoms with E-state index in [9.17, 15) is 9.59 Å². The number of H-pyrrole nitrogens is 1. The first-order valence-corrected chi connectivity index (χ1v) is 7.00. The molecule has 1 aromatic carbocycles. The van der Waals surface area contributed by atoms with Crippen molar-refractivity contribution in [3.63, 3.8) is 0 Å². The largest absolute Gasteiger partial charge is 0.326 e. The number of aryl methyl sites for hydroxylation is 3. The molecule has 3 rings (SSSR count). The Hall–Kier alpha value is -2.56. The average molecular weight is 283 g/mol. The third-order valence-corrected chi connectivity index (χ3v) is 3.67. The summed E-state index contributed by atoms with van der Waals surface area (Å²) in [5, 5.41) is 0. The van der Waals surface area contributed by atoms with E-state index in [-0.39, 0.29) is 11.2 Å². The fourth-order valence-corrected chi connectivity index (χ4v) is 2.56. The molecule has 0 atom stereocenters. The third kappa shape index (κ3) is 2.54. The number of rotatable bonds is 4. The minimum absolute atomic E-state index is 0.0313. The molecule has 1 N–H and O–H groups in total. The molecule has 3 aromatic rings. The van der Waals surface area contributed by atoms with Crippen molar-refractivity contribution in [1.82, 2.24) is 14.1 Å². The van der Waals surface area contributed by atoms with Crippen molar-refractivity contribution in [1.29, 1.82) is 0 Å². The van der Waals surface area contributed by atoms with Crippen LogP contribution in [0.2, 0.25) is 0 Å². The van der Waals surface area contributed by atoms with Crippen LogP contribution in [0.3, 0.4) is 0 Å². The van der Waals surface area contributed by atoms with E-state index < -0.39 is 0 Å². The van der Waals surface area contributed by atoms with E-state index >= 15 is 0 Å². The number of nitrogens with one attached hydrogen (secondary N) is 1. The highest BCUT2D eigenvalue weighted by Crippen LogP contribution is 2.09. The lowest BCUT2D eigenvalue weighted by Gasteiger charge is -2.07. The lowest BCUT2D eigenvalue weighted by molar-refractivity contribution is 0.551. The summed E-state index contributed by atoms with van der Waals surface area (Å²) in [6.07, 6.45) is 2.51. The maximum atomic E-state index is 11.9. The number of nitrogens with zero attached hydrogens (tertiary/aromatic N) is 2. The van der Waals surface area contributed by atoms with Gasteiger partial charge in [-0.25, -0.2) is 4.79 Å². The Morgan fingerprint density at radius 1 is 1.05 bits per heavy atom. The first-order valence-electron chi connectivity index (χ1n) is 7.00. The molecule has 0 spiro atoms. The molecule has 2 aromatic heterocycles. The standard InChI is InChI=1S/C16H17N3O2/c1-12-6-4-9-18(15(12)20)10-5-11-19-14-8-3-2-7-13(14)17-16(19)21/h2-4,6-9H,5,10-11H2,1H3,(H,17,21). The Morgan fingerprint density at radius 3 is 2.71 bits per heavy atom. The molecule has 21 heavy (non-hydrogen) atoms. The number of benzene rings is 1. The summed E-state index contributed by atoms with van der Waals surface area (Å²) in [6, 6.07) is 11.3. The van der Waals surface area contributed by atoms with Crippen LogP contribution >= 0.6 is 0 Å². The number of hydrogen-bond donors (Lipinski definition) is 1. The second-order valence-electron chi connectivity index (χ2n) is 5.14. The molecular formula is C16H17N3O2. The fourth-order valence-electron chi connectivity index (χ4n) is 2.56. The van der Waals surface area contributed by atoms with Crippen LogP contribution in [0.4, 0.5) is 0 Å². The Morgan fingerprint density at radius 2 is 1.86 bits per heavy atom. The lowest BCUT2D eigenvalue weighted by atomic mass is 10.3. The molecule has 0 fully saturated rings. The maximum Gasteiger partial charge on any atom is 0.326 e. The Kier molecular flexibility index (Phi) is 3.48. The zero-order valence-electron chi connectivity index (χ0n) is 11.9. The molecular weight excluding hydrogens is 266 g/mol. The lowest BCUT2D eigenvalue weighted by Crippen LogP contribution is -2.23. The van der Waals surface area contributed by atoms with Gasteiger partial charge in [-0.1, -0.05) is 18.2 Å². The highest BCUT2D eigenvalue weighted by molar-refractivity contribution is 5.74. The summed E-state index contributed by atoms with van der Waals surface area (Å²) in [4.78, 5) is 26.7. The molecule has 5 nitrogen and oxygen atoms in total. The van der Waals surface area contributed by atoms with Crippen LogP contribution in [0.1, 0.15) is 12.0 Å². The predicted molar refractivity (Wildman–Crippen MR) is 82.6 cm³/mol. The number of aromatic nitrogens is 3. The van der Waals surface area contributed by atoms with Gasteiger partial charge in [-0.05, 0) is 31.5 Å². The Bertz CT molecular complexity index is 886. The van der Waals surface area contributed by atoms with Crippen LogP contribution in [0, 0.1) is 6.92 Å². The fraction of sp³-hybridized carbons (Fsp3) is 0.250. The molecule has 0 amide bonds. The quantitative estimate of drug-likeness (QED) is 0.795. The highest BCUT2D eigenvalue weighted by atomic mass is 16.1. The van der Waals surface area contributed by atoms with E-state index in [2.05, 4.69) is 4.98 Å². The monoisotopic (exact) mass is 283 g/mol. The molecule has 0 aliphatic heterocycles. The van der Waals surface area contributed by atoms with Gasteiger partial charge in [0.05, 0.1) is 11.0 Å². The normalized spacial score (nSPS) is 11.1. The molecule has 0 bridgehead atoms. The number of pyridine rings is 1. The van der Waals surface area contributed by atoms with Crippen molar-refractivity contribution in [2.24, 2.45) is 0 Å². The topological polar surface area (TPSA) is 59.8 Å². The summed E-state index contributed by atoms with van der Waals surface area (Å²) in [6.45, 7) is 3.00. The molecule has 0 saturated carbocycles. The number of hydrogen-bond acceptors (Lipinski definition) is 2. The SMILES string of the molecule is Cc1cccn(CCCn2c(=O)[nH]c3ccccc32)c1=O. The first kappa shape index (κ1) is 13.4. The van der Waals surface area contributed by atoms with Crippen LogP contribution in [0.25, 0.3) is 11.0 Å². The predicted octanol–water partition coefficient (Wildman–Crippen LogP) is 1.89. The van der Waals surface area contributed by atoms with Crippen molar-refractivity contribution in [3.8, 4) is 0 Å². The maximum absolute atomic E-state index is 11.9. The number of fused-ring (bicyclic) bond motifs is 1.